The lowest BCUT2D eigenvalue weighted by atomic mass is 10.1. The Hall–Kier alpha value is -2.27. The van der Waals surface area contributed by atoms with Crippen molar-refractivity contribution < 1.29 is 19.1 Å². The number of carbonyl (C=O) groups is 2. The highest BCUT2D eigenvalue weighted by Crippen LogP contribution is 2.28. The Morgan fingerprint density at radius 2 is 2.19 bits per heavy atom. The third-order valence-corrected chi connectivity index (χ3v) is 3.29. The van der Waals surface area contributed by atoms with E-state index in [9.17, 15) is 9.59 Å². The molecule has 5 nitrogen and oxygen atoms in total. The lowest BCUT2D eigenvalue weighted by Gasteiger charge is -2.17. The van der Waals surface area contributed by atoms with Crippen LogP contribution in [0, 0.1) is 6.92 Å². The predicted molar refractivity (Wildman–Crippen MR) is 79.7 cm³/mol. The van der Waals surface area contributed by atoms with Crippen molar-refractivity contribution in [1.82, 2.24) is 4.90 Å². The van der Waals surface area contributed by atoms with Crippen LogP contribution in [-0.4, -0.2) is 35.0 Å². The first-order chi connectivity index (χ1) is 9.93. The van der Waals surface area contributed by atoms with E-state index in [-0.39, 0.29) is 12.3 Å². The molecule has 1 N–H and O–H groups in total. The number of amides is 1. The Labute approximate surface area is 126 Å². The minimum atomic E-state index is -1.10. The molecule has 2 aromatic rings. The first-order valence-electron chi connectivity index (χ1n) is 6.24. The van der Waals surface area contributed by atoms with Crippen molar-refractivity contribution in [3.63, 3.8) is 0 Å². The molecule has 1 aromatic heterocycles. The number of benzene rings is 1. The molecule has 0 unspecified atom stereocenters. The van der Waals surface area contributed by atoms with Crippen LogP contribution < -0.4 is 0 Å². The molecule has 0 saturated carbocycles. The highest BCUT2D eigenvalue weighted by Gasteiger charge is 2.24. The molecule has 21 heavy (non-hydrogen) atoms. The Kier molecular flexibility index (Phi) is 4.33. The molecule has 0 spiro atoms. The van der Waals surface area contributed by atoms with Gasteiger partial charge in [-0.1, -0.05) is 17.7 Å². The summed E-state index contributed by atoms with van der Waals surface area (Å²) in [6.07, 6.45) is 1.47. The summed E-state index contributed by atoms with van der Waals surface area (Å²) in [5, 5.41) is 10.2. The standard InChI is InChI=1S/C15H14ClNO4/c1-3-6-17(8-13(18)19)15(20)14-9(2)11-7-10(16)4-5-12(11)21-14/h3-5,7H,1,6,8H2,2H3,(H,18,19). The number of furan rings is 1. The van der Waals surface area contributed by atoms with Crippen LogP contribution >= 0.6 is 11.6 Å². The summed E-state index contributed by atoms with van der Waals surface area (Å²) in [6.45, 7) is 4.98. The number of fused-ring (bicyclic) bond motifs is 1. The van der Waals surface area contributed by atoms with E-state index in [1.807, 2.05) is 0 Å². The van der Waals surface area contributed by atoms with Gasteiger partial charge in [-0.25, -0.2) is 0 Å². The van der Waals surface area contributed by atoms with Gasteiger partial charge in [-0.2, -0.15) is 0 Å². The molecular weight excluding hydrogens is 294 g/mol. The number of halogens is 1. The smallest absolute Gasteiger partial charge is 0.323 e. The average Bonchev–Trinajstić information content (AvgIpc) is 2.74. The molecule has 110 valence electrons. The normalized spacial score (nSPS) is 10.6. The van der Waals surface area contributed by atoms with Crippen LogP contribution in [0.1, 0.15) is 16.1 Å². The molecular formula is C15H14ClNO4. The van der Waals surface area contributed by atoms with Gasteiger partial charge in [0.1, 0.15) is 12.1 Å². The third kappa shape index (κ3) is 3.08. The number of carboxylic acids is 1. The van der Waals surface area contributed by atoms with Crippen molar-refractivity contribution in [2.45, 2.75) is 6.92 Å². The Morgan fingerprint density at radius 1 is 1.48 bits per heavy atom. The van der Waals surface area contributed by atoms with Crippen LogP contribution in [0.15, 0.2) is 35.3 Å². The van der Waals surface area contributed by atoms with E-state index in [4.69, 9.17) is 21.1 Å². The molecule has 1 aromatic carbocycles. The maximum absolute atomic E-state index is 12.4. The maximum atomic E-state index is 12.4. The van der Waals surface area contributed by atoms with Crippen LogP contribution in [0.25, 0.3) is 11.0 Å². The van der Waals surface area contributed by atoms with E-state index in [2.05, 4.69) is 6.58 Å². The summed E-state index contributed by atoms with van der Waals surface area (Å²) >= 11 is 5.93. The molecule has 0 atom stereocenters. The lowest BCUT2D eigenvalue weighted by Crippen LogP contribution is -2.35. The van der Waals surface area contributed by atoms with Crippen LogP contribution in [0.4, 0.5) is 0 Å². The minimum Gasteiger partial charge on any atom is -0.480 e. The van der Waals surface area contributed by atoms with Gasteiger partial charge < -0.3 is 14.4 Å². The first-order valence-corrected chi connectivity index (χ1v) is 6.62. The molecule has 0 aliphatic carbocycles. The zero-order valence-electron chi connectivity index (χ0n) is 11.4. The van der Waals surface area contributed by atoms with Gasteiger partial charge in [-0.05, 0) is 25.1 Å². The quantitative estimate of drug-likeness (QED) is 0.862. The third-order valence-electron chi connectivity index (χ3n) is 3.06. The van der Waals surface area contributed by atoms with Gasteiger partial charge in [-0.3, -0.25) is 9.59 Å². The molecule has 1 amide bonds. The van der Waals surface area contributed by atoms with Crippen molar-refractivity contribution in [3.05, 3.63) is 47.2 Å². The van der Waals surface area contributed by atoms with Gasteiger partial charge in [0.2, 0.25) is 0 Å². The van der Waals surface area contributed by atoms with Gasteiger partial charge in [0.05, 0.1) is 0 Å². The second-order valence-corrected chi connectivity index (χ2v) is 5.00. The SMILES string of the molecule is C=CCN(CC(=O)O)C(=O)c1oc2ccc(Cl)cc2c1C. The maximum Gasteiger partial charge on any atom is 0.323 e. The summed E-state index contributed by atoms with van der Waals surface area (Å²) in [5.41, 5.74) is 1.17. The predicted octanol–water partition coefficient (Wildman–Crippen LogP) is 3.11. The highest BCUT2D eigenvalue weighted by molar-refractivity contribution is 6.31. The van der Waals surface area contributed by atoms with Crippen molar-refractivity contribution in [1.29, 1.82) is 0 Å². The van der Waals surface area contributed by atoms with E-state index in [1.54, 1.807) is 25.1 Å². The van der Waals surface area contributed by atoms with Crippen molar-refractivity contribution >= 4 is 34.4 Å². The number of aryl methyl sites for hydroxylation is 1. The fraction of sp³-hybridized carbons (Fsp3) is 0.200. The van der Waals surface area contributed by atoms with Crippen LogP contribution in [0.2, 0.25) is 5.02 Å². The lowest BCUT2D eigenvalue weighted by molar-refractivity contribution is -0.137. The molecule has 0 fully saturated rings. The van der Waals surface area contributed by atoms with E-state index < -0.39 is 18.4 Å². The van der Waals surface area contributed by atoms with Crippen LogP contribution in [-0.2, 0) is 4.79 Å². The summed E-state index contributed by atoms with van der Waals surface area (Å²) in [5.74, 6) is -1.46. The zero-order valence-corrected chi connectivity index (χ0v) is 12.2. The monoisotopic (exact) mass is 307 g/mol. The van der Waals surface area contributed by atoms with Gasteiger partial charge in [0, 0.05) is 22.5 Å². The van der Waals surface area contributed by atoms with Crippen molar-refractivity contribution in [2.75, 3.05) is 13.1 Å². The van der Waals surface area contributed by atoms with Crippen molar-refractivity contribution in [3.8, 4) is 0 Å². The number of aliphatic carboxylic acids is 1. The topological polar surface area (TPSA) is 70.8 Å². The molecule has 0 aliphatic rings. The number of hydrogen-bond donors (Lipinski definition) is 1. The number of carbonyl (C=O) groups excluding carboxylic acids is 1. The van der Waals surface area contributed by atoms with E-state index in [0.717, 1.165) is 10.3 Å². The number of rotatable bonds is 5. The van der Waals surface area contributed by atoms with Crippen LogP contribution in [0.3, 0.4) is 0 Å². The summed E-state index contributed by atoms with van der Waals surface area (Å²) in [6, 6.07) is 5.05. The Morgan fingerprint density at radius 3 is 2.81 bits per heavy atom. The Bertz CT molecular complexity index is 720. The fourth-order valence-electron chi connectivity index (χ4n) is 2.08. The van der Waals surface area contributed by atoms with E-state index >= 15 is 0 Å². The molecule has 0 radical (unpaired) electrons. The van der Waals surface area contributed by atoms with Gasteiger partial charge >= 0.3 is 5.97 Å². The van der Waals surface area contributed by atoms with Gasteiger partial charge in [-0.15, -0.1) is 6.58 Å². The number of nitrogens with zero attached hydrogens (tertiary/aromatic N) is 1. The average molecular weight is 308 g/mol. The zero-order chi connectivity index (χ0) is 15.6. The first kappa shape index (κ1) is 15.1. The largest absolute Gasteiger partial charge is 0.480 e. The fourth-order valence-corrected chi connectivity index (χ4v) is 2.25. The second-order valence-electron chi connectivity index (χ2n) is 4.56. The molecule has 1 heterocycles. The number of hydrogen-bond acceptors (Lipinski definition) is 3. The summed E-state index contributed by atoms with van der Waals surface area (Å²) in [7, 11) is 0. The van der Waals surface area contributed by atoms with E-state index in [0.29, 0.717) is 16.2 Å². The van der Waals surface area contributed by atoms with E-state index in [1.165, 1.54) is 6.08 Å². The minimum absolute atomic E-state index is 0.121. The molecule has 6 heteroatoms. The summed E-state index contributed by atoms with van der Waals surface area (Å²) in [4.78, 5) is 24.4. The molecule has 2 rings (SSSR count). The molecule has 0 saturated heterocycles. The van der Waals surface area contributed by atoms with Crippen LogP contribution in [0.5, 0.6) is 0 Å². The molecule has 0 bridgehead atoms. The summed E-state index contributed by atoms with van der Waals surface area (Å²) < 4.78 is 5.55. The second kappa shape index (κ2) is 6.01. The molecule has 0 aliphatic heterocycles. The number of carboxylic acid groups (broad SMARTS) is 1. The van der Waals surface area contributed by atoms with Crippen molar-refractivity contribution in [2.24, 2.45) is 0 Å². The highest BCUT2D eigenvalue weighted by atomic mass is 35.5. The van der Waals surface area contributed by atoms with Gasteiger partial charge in [0.15, 0.2) is 5.76 Å². The Balaban J connectivity index is 2.44. The van der Waals surface area contributed by atoms with Gasteiger partial charge in [0.25, 0.3) is 5.91 Å².